The molecule has 1 saturated carbocycles. The van der Waals surface area contributed by atoms with Crippen molar-refractivity contribution in [2.75, 3.05) is 12.4 Å². The number of alkyl carbamates (subject to hydrolysis) is 1. The van der Waals surface area contributed by atoms with E-state index in [9.17, 15) is 4.79 Å². The van der Waals surface area contributed by atoms with Crippen LogP contribution < -0.4 is 15.4 Å². The third-order valence-electron chi connectivity index (χ3n) is 4.76. The molecule has 1 aliphatic carbocycles. The maximum Gasteiger partial charge on any atom is 0.407 e. The van der Waals surface area contributed by atoms with E-state index in [2.05, 4.69) is 15.6 Å². The van der Waals surface area contributed by atoms with Gasteiger partial charge in [0, 0.05) is 23.7 Å². The van der Waals surface area contributed by atoms with E-state index in [1.807, 2.05) is 51.2 Å². The number of rotatable bonds is 4. The molecule has 1 heterocycles. The van der Waals surface area contributed by atoms with Gasteiger partial charge in [-0.05, 0) is 76.1 Å². The normalized spacial score (nSPS) is 20.1. The van der Waals surface area contributed by atoms with E-state index in [0.29, 0.717) is 6.04 Å². The van der Waals surface area contributed by atoms with Gasteiger partial charge >= 0.3 is 6.09 Å². The smallest absolute Gasteiger partial charge is 0.407 e. The molecule has 6 heteroatoms. The van der Waals surface area contributed by atoms with Crippen molar-refractivity contribution >= 4 is 22.7 Å². The van der Waals surface area contributed by atoms with Gasteiger partial charge in [0.1, 0.15) is 17.2 Å². The van der Waals surface area contributed by atoms with Crippen molar-refractivity contribution < 1.29 is 14.3 Å². The molecule has 1 amide bonds. The first kappa shape index (κ1) is 19.3. The Labute approximate surface area is 160 Å². The molecule has 0 saturated heterocycles. The molecule has 27 heavy (non-hydrogen) atoms. The second kappa shape index (κ2) is 8.03. The number of methoxy groups -OCH3 is 1. The van der Waals surface area contributed by atoms with Crippen molar-refractivity contribution in [2.24, 2.45) is 0 Å². The van der Waals surface area contributed by atoms with Gasteiger partial charge < -0.3 is 20.1 Å². The van der Waals surface area contributed by atoms with Gasteiger partial charge in [0.15, 0.2) is 0 Å². The Morgan fingerprint density at radius 2 is 1.81 bits per heavy atom. The number of ether oxygens (including phenoxy) is 2. The first-order chi connectivity index (χ1) is 12.8. The zero-order chi connectivity index (χ0) is 19.4. The minimum Gasteiger partial charge on any atom is -0.497 e. The molecule has 0 unspecified atom stereocenters. The van der Waals surface area contributed by atoms with Gasteiger partial charge in [0.05, 0.1) is 7.11 Å². The largest absolute Gasteiger partial charge is 0.497 e. The Bertz CT molecular complexity index is 793. The molecule has 0 atom stereocenters. The second-order valence-electron chi connectivity index (χ2n) is 8.09. The van der Waals surface area contributed by atoms with Crippen LogP contribution in [0.5, 0.6) is 5.75 Å². The fourth-order valence-corrected chi connectivity index (χ4v) is 3.45. The first-order valence-electron chi connectivity index (χ1n) is 9.53. The van der Waals surface area contributed by atoms with E-state index in [4.69, 9.17) is 9.47 Å². The van der Waals surface area contributed by atoms with Crippen LogP contribution in [0.25, 0.3) is 10.8 Å². The van der Waals surface area contributed by atoms with Gasteiger partial charge in [0.2, 0.25) is 0 Å². The van der Waals surface area contributed by atoms with Crippen molar-refractivity contribution in [3.8, 4) is 5.75 Å². The second-order valence-corrected chi connectivity index (χ2v) is 8.09. The molecule has 0 aliphatic heterocycles. The zero-order valence-electron chi connectivity index (χ0n) is 16.5. The van der Waals surface area contributed by atoms with Crippen LogP contribution in [0.2, 0.25) is 0 Å². The summed E-state index contributed by atoms with van der Waals surface area (Å²) >= 11 is 0. The lowest BCUT2D eigenvalue weighted by Crippen LogP contribution is -2.42. The van der Waals surface area contributed by atoms with Crippen molar-refractivity contribution in [1.29, 1.82) is 0 Å². The number of carbonyl (C=O) groups is 1. The molecular formula is C21H29N3O3. The summed E-state index contributed by atoms with van der Waals surface area (Å²) in [6.45, 7) is 5.63. The fraction of sp³-hybridized carbons (Fsp3) is 0.524. The topological polar surface area (TPSA) is 72.5 Å². The molecule has 6 nitrogen and oxygen atoms in total. The van der Waals surface area contributed by atoms with Crippen molar-refractivity contribution in [2.45, 2.75) is 64.1 Å². The SMILES string of the molecule is COc1ccc2c(N[C@H]3CC[C@@H](NC(=O)OC(C)(C)C)CC3)nccc2c1. The number of anilines is 1. The third kappa shape index (κ3) is 5.25. The highest BCUT2D eigenvalue weighted by Crippen LogP contribution is 2.28. The summed E-state index contributed by atoms with van der Waals surface area (Å²) in [5.41, 5.74) is -0.467. The molecular weight excluding hydrogens is 342 g/mol. The van der Waals surface area contributed by atoms with E-state index in [1.54, 1.807) is 7.11 Å². The average Bonchev–Trinajstić information content (AvgIpc) is 2.61. The Morgan fingerprint density at radius 3 is 2.48 bits per heavy atom. The van der Waals surface area contributed by atoms with Crippen LogP contribution in [0.15, 0.2) is 30.5 Å². The molecule has 1 aromatic heterocycles. The number of carbonyl (C=O) groups excluding carboxylic acids is 1. The highest BCUT2D eigenvalue weighted by atomic mass is 16.6. The quantitative estimate of drug-likeness (QED) is 0.828. The van der Waals surface area contributed by atoms with Crippen LogP contribution in [0.1, 0.15) is 46.5 Å². The molecule has 146 valence electrons. The summed E-state index contributed by atoms with van der Waals surface area (Å²) in [5, 5.41) is 8.76. The summed E-state index contributed by atoms with van der Waals surface area (Å²) in [6, 6.07) is 8.52. The van der Waals surface area contributed by atoms with E-state index < -0.39 is 5.60 Å². The summed E-state index contributed by atoms with van der Waals surface area (Å²) in [5.74, 6) is 1.74. The fourth-order valence-electron chi connectivity index (χ4n) is 3.45. The number of fused-ring (bicyclic) bond motifs is 1. The highest BCUT2D eigenvalue weighted by Gasteiger charge is 2.25. The molecule has 2 N–H and O–H groups in total. The molecule has 0 spiro atoms. The summed E-state index contributed by atoms with van der Waals surface area (Å²) in [6.07, 6.45) is 5.30. The van der Waals surface area contributed by atoms with Crippen LogP contribution in [-0.4, -0.2) is 35.9 Å². The minimum absolute atomic E-state index is 0.169. The number of nitrogens with zero attached hydrogens (tertiary/aromatic N) is 1. The molecule has 1 aromatic carbocycles. The Balaban J connectivity index is 1.57. The lowest BCUT2D eigenvalue weighted by atomic mass is 9.91. The Hall–Kier alpha value is -2.50. The van der Waals surface area contributed by atoms with Gasteiger partial charge in [-0.3, -0.25) is 0 Å². The number of hydrogen-bond donors (Lipinski definition) is 2. The van der Waals surface area contributed by atoms with E-state index >= 15 is 0 Å². The summed E-state index contributed by atoms with van der Waals surface area (Å²) < 4.78 is 10.6. The van der Waals surface area contributed by atoms with E-state index in [1.165, 1.54) is 0 Å². The van der Waals surface area contributed by atoms with Gasteiger partial charge in [-0.25, -0.2) is 9.78 Å². The Kier molecular flexibility index (Phi) is 5.73. The Morgan fingerprint density at radius 1 is 1.11 bits per heavy atom. The first-order valence-corrected chi connectivity index (χ1v) is 9.53. The van der Waals surface area contributed by atoms with Crippen molar-refractivity contribution in [1.82, 2.24) is 10.3 Å². The van der Waals surface area contributed by atoms with Gasteiger partial charge in [-0.1, -0.05) is 0 Å². The van der Waals surface area contributed by atoms with E-state index in [0.717, 1.165) is 48.0 Å². The van der Waals surface area contributed by atoms with Crippen LogP contribution in [0, 0.1) is 0 Å². The van der Waals surface area contributed by atoms with Crippen LogP contribution in [-0.2, 0) is 4.74 Å². The van der Waals surface area contributed by atoms with Gasteiger partial charge in [-0.15, -0.1) is 0 Å². The third-order valence-corrected chi connectivity index (χ3v) is 4.76. The van der Waals surface area contributed by atoms with Gasteiger partial charge in [-0.2, -0.15) is 0 Å². The molecule has 0 radical (unpaired) electrons. The van der Waals surface area contributed by atoms with Crippen LogP contribution in [0.4, 0.5) is 10.6 Å². The predicted molar refractivity (Wildman–Crippen MR) is 107 cm³/mol. The summed E-state index contributed by atoms with van der Waals surface area (Å²) in [4.78, 5) is 16.5. The number of pyridine rings is 1. The van der Waals surface area contributed by atoms with Crippen LogP contribution in [0.3, 0.4) is 0 Å². The number of nitrogens with one attached hydrogen (secondary N) is 2. The van der Waals surface area contributed by atoms with Gasteiger partial charge in [0.25, 0.3) is 0 Å². The minimum atomic E-state index is -0.467. The van der Waals surface area contributed by atoms with Crippen molar-refractivity contribution in [3.05, 3.63) is 30.5 Å². The number of hydrogen-bond acceptors (Lipinski definition) is 5. The van der Waals surface area contributed by atoms with Crippen LogP contribution >= 0.6 is 0 Å². The average molecular weight is 371 g/mol. The molecule has 1 aliphatic rings. The molecule has 2 aromatic rings. The zero-order valence-corrected chi connectivity index (χ0v) is 16.5. The highest BCUT2D eigenvalue weighted by molar-refractivity contribution is 5.92. The van der Waals surface area contributed by atoms with Crippen molar-refractivity contribution in [3.63, 3.8) is 0 Å². The maximum absolute atomic E-state index is 11.9. The lowest BCUT2D eigenvalue weighted by Gasteiger charge is -2.31. The standard InChI is InChI=1S/C21H29N3O3/c1-21(2,3)27-20(25)24-16-7-5-15(6-8-16)23-19-18-10-9-17(26-4)13-14(18)11-12-22-19/h9-13,15-16H,5-8H2,1-4H3,(H,22,23)(H,24,25)/t15-,16+. The van der Waals surface area contributed by atoms with E-state index in [-0.39, 0.29) is 12.1 Å². The lowest BCUT2D eigenvalue weighted by molar-refractivity contribution is 0.0492. The predicted octanol–water partition coefficient (Wildman–Crippen LogP) is 4.49. The number of aromatic nitrogens is 1. The summed E-state index contributed by atoms with van der Waals surface area (Å²) in [7, 11) is 1.67. The molecule has 1 fully saturated rings. The molecule has 3 rings (SSSR count). The maximum atomic E-state index is 11.9. The molecule has 0 bridgehead atoms. The number of amides is 1. The monoisotopic (exact) mass is 371 g/mol. The number of benzene rings is 1.